The molecule has 140 valence electrons. The number of benzene rings is 1. The minimum absolute atomic E-state index is 0.00272. The molecule has 1 saturated carbocycles. The molecule has 0 heterocycles. The number of rotatable bonds is 7. The first-order chi connectivity index (χ1) is 11.6. The molecule has 4 N–H and O–H groups in total. The molecule has 1 aliphatic carbocycles. The van der Waals surface area contributed by atoms with Crippen LogP contribution in [-0.4, -0.2) is 38.3 Å². The van der Waals surface area contributed by atoms with E-state index in [9.17, 15) is 13.2 Å². The number of nitrogens with one attached hydrogen (secondary N) is 2. The Balaban J connectivity index is 2.04. The van der Waals surface area contributed by atoms with Crippen molar-refractivity contribution in [2.45, 2.75) is 45.8 Å². The summed E-state index contributed by atoms with van der Waals surface area (Å²) in [5, 5.41) is 2.81. The number of amides is 1. The smallest absolute Gasteiger partial charge is 0.245 e. The second-order valence-corrected chi connectivity index (χ2v) is 8.89. The summed E-state index contributed by atoms with van der Waals surface area (Å²) in [6, 6.07) is 6.47. The molecule has 0 spiro atoms. The third-order valence-corrected chi connectivity index (χ3v) is 6.34. The average Bonchev–Trinajstić information content (AvgIpc) is 2.56. The predicted octanol–water partition coefficient (Wildman–Crippen LogP) is 1.92. The molecule has 0 aliphatic heterocycles. The monoisotopic (exact) mass is 369 g/mol. The van der Waals surface area contributed by atoms with Gasteiger partial charge in [-0.15, -0.1) is 0 Å². The van der Waals surface area contributed by atoms with Gasteiger partial charge in [-0.3, -0.25) is 9.52 Å². The number of hydrogen-bond donors (Lipinski definition) is 3. The number of sulfonamides is 1. The van der Waals surface area contributed by atoms with Crippen molar-refractivity contribution in [3.05, 3.63) is 24.3 Å². The maximum Gasteiger partial charge on any atom is 0.245 e. The van der Waals surface area contributed by atoms with E-state index in [1.54, 1.807) is 31.2 Å². The van der Waals surface area contributed by atoms with E-state index < -0.39 is 21.0 Å². The summed E-state index contributed by atoms with van der Waals surface area (Å²) in [5.41, 5.74) is 5.87. The number of carbonyl (C=O) groups excluding carboxylic acids is 1. The molecule has 0 saturated heterocycles. The largest absolute Gasteiger partial charge is 0.378 e. The summed E-state index contributed by atoms with van der Waals surface area (Å²) in [5.74, 6) is -0.271. The van der Waals surface area contributed by atoms with Crippen LogP contribution in [0.2, 0.25) is 0 Å². The molecule has 7 nitrogen and oxygen atoms in total. The van der Waals surface area contributed by atoms with Crippen molar-refractivity contribution in [1.82, 2.24) is 0 Å². The fourth-order valence-electron chi connectivity index (χ4n) is 2.94. The molecule has 0 bridgehead atoms. The molecule has 1 aliphatic rings. The van der Waals surface area contributed by atoms with Gasteiger partial charge in [-0.05, 0) is 38.1 Å². The number of ether oxygens (including phenoxy) is 1. The summed E-state index contributed by atoms with van der Waals surface area (Å²) in [6.07, 6.45) is 0.424. The van der Waals surface area contributed by atoms with E-state index in [0.29, 0.717) is 24.4 Å². The van der Waals surface area contributed by atoms with Crippen LogP contribution < -0.4 is 15.8 Å². The summed E-state index contributed by atoms with van der Waals surface area (Å²) in [4.78, 5) is 12.6. The van der Waals surface area contributed by atoms with Gasteiger partial charge in [-0.1, -0.05) is 13.8 Å². The van der Waals surface area contributed by atoms with Gasteiger partial charge in [0.25, 0.3) is 0 Å². The highest BCUT2D eigenvalue weighted by Crippen LogP contribution is 2.50. The van der Waals surface area contributed by atoms with Gasteiger partial charge in [-0.2, -0.15) is 0 Å². The molecule has 1 aromatic rings. The highest BCUT2D eigenvalue weighted by molar-refractivity contribution is 7.92. The normalized spacial score (nSPS) is 25.1. The molecule has 1 amide bonds. The summed E-state index contributed by atoms with van der Waals surface area (Å²) >= 11 is 0. The molecular weight excluding hydrogens is 342 g/mol. The van der Waals surface area contributed by atoms with Crippen molar-refractivity contribution >= 4 is 27.3 Å². The second-order valence-electron chi connectivity index (χ2n) is 6.88. The van der Waals surface area contributed by atoms with Crippen LogP contribution >= 0.6 is 0 Å². The zero-order valence-electron chi connectivity index (χ0n) is 15.1. The first kappa shape index (κ1) is 19.7. The molecule has 0 aromatic heterocycles. The fourth-order valence-corrected chi connectivity index (χ4v) is 3.58. The fraction of sp³-hybridized carbons (Fsp3) is 0.588. The van der Waals surface area contributed by atoms with Gasteiger partial charge in [0.05, 0.1) is 11.9 Å². The average molecular weight is 369 g/mol. The van der Waals surface area contributed by atoms with Crippen molar-refractivity contribution < 1.29 is 17.9 Å². The SMILES string of the molecule is CCOC1CC(N)(C(=O)Nc2ccc(NS(=O)(=O)CC)cc2)C1(C)C. The molecule has 2 atom stereocenters. The standard InChI is InChI=1S/C17H27N3O4S/c1-5-24-14-11-17(18,16(14,3)4)15(21)19-12-7-9-13(10-8-12)20-25(22,23)6-2/h7-10,14,20H,5-6,11,18H2,1-4H3,(H,19,21). The number of nitrogens with two attached hydrogens (primary N) is 1. The van der Waals surface area contributed by atoms with E-state index >= 15 is 0 Å². The molecule has 1 fully saturated rings. The molecule has 0 radical (unpaired) electrons. The van der Waals surface area contributed by atoms with Crippen LogP contribution in [0.1, 0.15) is 34.1 Å². The van der Waals surface area contributed by atoms with Crippen molar-refractivity contribution in [2.24, 2.45) is 11.1 Å². The predicted molar refractivity (Wildman–Crippen MR) is 98.9 cm³/mol. The van der Waals surface area contributed by atoms with Crippen LogP contribution in [0.25, 0.3) is 0 Å². The summed E-state index contributed by atoms with van der Waals surface area (Å²) < 4.78 is 31.2. The van der Waals surface area contributed by atoms with Crippen LogP contribution in [0.4, 0.5) is 11.4 Å². The van der Waals surface area contributed by atoms with Crippen LogP contribution in [0.15, 0.2) is 24.3 Å². The minimum atomic E-state index is -3.32. The van der Waals surface area contributed by atoms with Crippen LogP contribution in [0, 0.1) is 5.41 Å². The van der Waals surface area contributed by atoms with Gasteiger partial charge in [0.1, 0.15) is 5.54 Å². The highest BCUT2D eigenvalue weighted by atomic mass is 32.2. The first-order valence-electron chi connectivity index (χ1n) is 8.38. The number of hydrogen-bond acceptors (Lipinski definition) is 5. The Morgan fingerprint density at radius 2 is 1.80 bits per heavy atom. The zero-order chi connectivity index (χ0) is 18.9. The van der Waals surface area contributed by atoms with Crippen molar-refractivity contribution in [1.29, 1.82) is 0 Å². The van der Waals surface area contributed by atoms with E-state index in [4.69, 9.17) is 10.5 Å². The van der Waals surface area contributed by atoms with Gasteiger partial charge in [-0.25, -0.2) is 8.42 Å². The molecule has 2 unspecified atom stereocenters. The second kappa shape index (κ2) is 6.93. The Kier molecular flexibility index (Phi) is 5.46. The zero-order valence-corrected chi connectivity index (χ0v) is 15.9. The quantitative estimate of drug-likeness (QED) is 0.680. The molecular formula is C17H27N3O4S. The highest BCUT2D eigenvalue weighted by Gasteiger charge is 2.62. The van der Waals surface area contributed by atoms with Crippen LogP contribution in [-0.2, 0) is 19.6 Å². The Hall–Kier alpha value is -1.64. The van der Waals surface area contributed by atoms with E-state index in [2.05, 4.69) is 10.0 Å². The van der Waals surface area contributed by atoms with Gasteiger partial charge < -0.3 is 15.8 Å². The first-order valence-corrected chi connectivity index (χ1v) is 10.0. The Labute approximate surface area is 149 Å². The van der Waals surface area contributed by atoms with E-state index in [1.807, 2.05) is 20.8 Å². The maximum atomic E-state index is 12.6. The summed E-state index contributed by atoms with van der Waals surface area (Å²) in [7, 11) is -3.32. The van der Waals surface area contributed by atoms with Crippen LogP contribution in [0.3, 0.4) is 0 Å². The Morgan fingerprint density at radius 3 is 2.28 bits per heavy atom. The van der Waals surface area contributed by atoms with Crippen molar-refractivity contribution in [2.75, 3.05) is 22.4 Å². The lowest BCUT2D eigenvalue weighted by atomic mass is 9.54. The number of carbonyl (C=O) groups is 1. The van der Waals surface area contributed by atoms with E-state index in [1.165, 1.54) is 0 Å². The molecule has 1 aromatic carbocycles. The lowest BCUT2D eigenvalue weighted by Gasteiger charge is -2.57. The van der Waals surface area contributed by atoms with Crippen LogP contribution in [0.5, 0.6) is 0 Å². The molecule has 25 heavy (non-hydrogen) atoms. The van der Waals surface area contributed by atoms with Crippen molar-refractivity contribution in [3.8, 4) is 0 Å². The van der Waals surface area contributed by atoms with Gasteiger partial charge >= 0.3 is 0 Å². The van der Waals surface area contributed by atoms with Gasteiger partial charge in [0.2, 0.25) is 15.9 Å². The van der Waals surface area contributed by atoms with E-state index in [0.717, 1.165) is 0 Å². The molecule has 8 heteroatoms. The third-order valence-electron chi connectivity index (χ3n) is 5.03. The third kappa shape index (κ3) is 3.80. The summed E-state index contributed by atoms with van der Waals surface area (Å²) in [6.45, 7) is 7.92. The maximum absolute atomic E-state index is 12.6. The molecule has 2 rings (SSSR count). The number of anilines is 2. The lowest BCUT2D eigenvalue weighted by Crippen LogP contribution is -2.74. The Bertz CT molecular complexity index is 731. The topological polar surface area (TPSA) is 111 Å². The lowest BCUT2D eigenvalue weighted by molar-refractivity contribution is -0.166. The van der Waals surface area contributed by atoms with Gasteiger partial charge in [0.15, 0.2) is 0 Å². The van der Waals surface area contributed by atoms with E-state index in [-0.39, 0.29) is 17.8 Å². The minimum Gasteiger partial charge on any atom is -0.378 e. The Morgan fingerprint density at radius 1 is 1.24 bits per heavy atom. The van der Waals surface area contributed by atoms with Gasteiger partial charge in [0, 0.05) is 29.8 Å². The van der Waals surface area contributed by atoms with Crippen molar-refractivity contribution in [3.63, 3.8) is 0 Å².